The summed E-state index contributed by atoms with van der Waals surface area (Å²) in [4.78, 5) is 31.9. The highest BCUT2D eigenvalue weighted by Gasteiger charge is 2.22. The van der Waals surface area contributed by atoms with Gasteiger partial charge in [0, 0.05) is 11.8 Å². The molecule has 0 aliphatic carbocycles. The number of carbonyl (C=O) groups excluding carboxylic acids is 2. The molecule has 0 aliphatic rings. The molecule has 1 amide bonds. The van der Waals surface area contributed by atoms with Gasteiger partial charge in [0.1, 0.15) is 11.9 Å². The number of nitrogens with two attached hydrogens (primary N) is 1. The van der Waals surface area contributed by atoms with Crippen LogP contribution in [0.1, 0.15) is 26.0 Å². The predicted octanol–water partition coefficient (Wildman–Crippen LogP) is 1.16. The van der Waals surface area contributed by atoms with E-state index in [1.807, 2.05) is 13.8 Å². The van der Waals surface area contributed by atoms with E-state index < -0.39 is 12.0 Å². The lowest BCUT2D eigenvalue weighted by Gasteiger charge is -2.18. The maximum atomic E-state index is 12.0. The third-order valence-corrected chi connectivity index (χ3v) is 3.56. The van der Waals surface area contributed by atoms with Gasteiger partial charge in [-0.25, -0.2) is 14.8 Å². The monoisotopic (exact) mass is 326 g/mol. The highest BCUT2D eigenvalue weighted by atomic mass is 32.2. The van der Waals surface area contributed by atoms with Gasteiger partial charge in [-0.3, -0.25) is 4.79 Å². The van der Waals surface area contributed by atoms with Crippen LogP contribution in [-0.4, -0.2) is 40.7 Å². The number of hydrogen-bond donors (Lipinski definition) is 2. The Morgan fingerprint density at radius 2 is 2.09 bits per heavy atom. The molecule has 3 N–H and O–H groups in total. The minimum atomic E-state index is -0.637. The Labute approximate surface area is 134 Å². The molecule has 122 valence electrons. The Kier molecular flexibility index (Phi) is 7.10. The number of rotatable bonds is 7. The summed E-state index contributed by atoms with van der Waals surface area (Å²) in [7, 11) is 1.31. The lowest BCUT2D eigenvalue weighted by atomic mass is 10.0. The summed E-state index contributed by atoms with van der Waals surface area (Å²) < 4.78 is 4.71. The van der Waals surface area contributed by atoms with Crippen LogP contribution < -0.4 is 11.1 Å². The zero-order chi connectivity index (χ0) is 16.7. The fraction of sp³-hybridized carbons (Fsp3) is 0.571. The van der Waals surface area contributed by atoms with Gasteiger partial charge in [-0.05, 0) is 19.3 Å². The molecule has 0 saturated carbocycles. The smallest absolute Gasteiger partial charge is 0.328 e. The van der Waals surface area contributed by atoms with E-state index in [1.54, 1.807) is 13.0 Å². The minimum Gasteiger partial charge on any atom is -0.467 e. The fourth-order valence-electron chi connectivity index (χ4n) is 1.82. The number of amides is 1. The van der Waals surface area contributed by atoms with E-state index >= 15 is 0 Å². The summed E-state index contributed by atoms with van der Waals surface area (Å²) in [5, 5.41) is 3.11. The molecule has 0 aliphatic heterocycles. The van der Waals surface area contributed by atoms with Crippen molar-refractivity contribution in [3.8, 4) is 0 Å². The Hall–Kier alpha value is -1.83. The summed E-state index contributed by atoms with van der Waals surface area (Å²) >= 11 is 1.17. The summed E-state index contributed by atoms with van der Waals surface area (Å²) in [5.41, 5.74) is 6.37. The summed E-state index contributed by atoms with van der Waals surface area (Å²) in [6, 6.07) is 1.02. The molecule has 0 aromatic carbocycles. The molecular weight excluding hydrogens is 304 g/mol. The van der Waals surface area contributed by atoms with Crippen molar-refractivity contribution in [1.82, 2.24) is 15.3 Å². The van der Waals surface area contributed by atoms with Gasteiger partial charge in [0.25, 0.3) is 0 Å². The molecule has 1 rings (SSSR count). The van der Waals surface area contributed by atoms with Gasteiger partial charge in [0.2, 0.25) is 5.91 Å². The third-order valence-electron chi connectivity index (χ3n) is 2.71. The van der Waals surface area contributed by atoms with Crippen molar-refractivity contribution in [2.45, 2.75) is 38.4 Å². The molecule has 8 heteroatoms. The van der Waals surface area contributed by atoms with E-state index in [-0.39, 0.29) is 17.6 Å². The zero-order valence-corrected chi connectivity index (χ0v) is 14.1. The molecule has 0 unspecified atom stereocenters. The first-order chi connectivity index (χ1) is 10.3. The number of aryl methyl sites for hydroxylation is 1. The van der Waals surface area contributed by atoms with E-state index in [0.717, 1.165) is 5.69 Å². The SMILES string of the molecule is COC(=O)[C@H](CC(C)C)NC(=O)CSc1nc(C)cc(N)n1. The van der Waals surface area contributed by atoms with E-state index in [0.29, 0.717) is 17.4 Å². The van der Waals surface area contributed by atoms with Gasteiger partial charge in [-0.15, -0.1) is 0 Å². The molecule has 0 radical (unpaired) electrons. The van der Waals surface area contributed by atoms with Crippen LogP contribution in [0.4, 0.5) is 5.82 Å². The van der Waals surface area contributed by atoms with Crippen LogP contribution in [0.2, 0.25) is 0 Å². The maximum absolute atomic E-state index is 12.0. The van der Waals surface area contributed by atoms with Crippen LogP contribution in [-0.2, 0) is 14.3 Å². The molecule has 0 spiro atoms. The van der Waals surface area contributed by atoms with Crippen molar-refractivity contribution in [2.75, 3.05) is 18.6 Å². The quantitative estimate of drug-likeness (QED) is 0.440. The molecule has 1 aromatic heterocycles. The molecule has 0 fully saturated rings. The molecule has 0 bridgehead atoms. The number of hydrogen-bond acceptors (Lipinski definition) is 7. The summed E-state index contributed by atoms with van der Waals surface area (Å²) in [5.74, 6) is 0.0153. The number of aromatic nitrogens is 2. The normalized spacial score (nSPS) is 12.0. The van der Waals surface area contributed by atoms with Crippen molar-refractivity contribution in [1.29, 1.82) is 0 Å². The third kappa shape index (κ3) is 6.30. The molecule has 1 aromatic rings. The number of esters is 1. The number of nitrogens with zero attached hydrogens (tertiary/aromatic N) is 2. The van der Waals surface area contributed by atoms with Gasteiger partial charge < -0.3 is 15.8 Å². The van der Waals surface area contributed by atoms with Crippen LogP contribution in [0.5, 0.6) is 0 Å². The van der Waals surface area contributed by atoms with E-state index in [4.69, 9.17) is 10.5 Å². The largest absolute Gasteiger partial charge is 0.467 e. The molecule has 22 heavy (non-hydrogen) atoms. The first-order valence-corrected chi connectivity index (χ1v) is 7.91. The fourth-order valence-corrected chi connectivity index (χ4v) is 2.55. The number of anilines is 1. The molecule has 0 saturated heterocycles. The average Bonchev–Trinajstić information content (AvgIpc) is 2.42. The van der Waals surface area contributed by atoms with Crippen LogP contribution in [0, 0.1) is 12.8 Å². The van der Waals surface area contributed by atoms with E-state index in [2.05, 4.69) is 15.3 Å². The van der Waals surface area contributed by atoms with Crippen molar-refractivity contribution in [2.24, 2.45) is 5.92 Å². The first kappa shape index (κ1) is 18.2. The second-order valence-corrected chi connectivity index (χ2v) is 6.22. The number of nitrogen functional groups attached to an aromatic ring is 1. The maximum Gasteiger partial charge on any atom is 0.328 e. The van der Waals surface area contributed by atoms with Gasteiger partial charge in [-0.1, -0.05) is 25.6 Å². The van der Waals surface area contributed by atoms with Crippen molar-refractivity contribution in [3.63, 3.8) is 0 Å². The lowest BCUT2D eigenvalue weighted by Crippen LogP contribution is -2.43. The van der Waals surface area contributed by atoms with E-state index in [1.165, 1.54) is 18.9 Å². The summed E-state index contributed by atoms with van der Waals surface area (Å²) in [6.07, 6.45) is 0.525. The number of carbonyl (C=O) groups is 2. The second-order valence-electron chi connectivity index (χ2n) is 5.28. The van der Waals surface area contributed by atoms with Crippen LogP contribution in [0.25, 0.3) is 0 Å². The highest BCUT2D eigenvalue weighted by Crippen LogP contribution is 2.15. The molecule has 1 atom stereocenters. The number of methoxy groups -OCH3 is 1. The van der Waals surface area contributed by atoms with Gasteiger partial charge in [-0.2, -0.15) is 0 Å². The van der Waals surface area contributed by atoms with Crippen molar-refractivity contribution < 1.29 is 14.3 Å². The van der Waals surface area contributed by atoms with Crippen molar-refractivity contribution in [3.05, 3.63) is 11.8 Å². The van der Waals surface area contributed by atoms with Gasteiger partial charge >= 0.3 is 5.97 Å². The minimum absolute atomic E-state index is 0.106. The molecule has 7 nitrogen and oxygen atoms in total. The Balaban J connectivity index is 2.58. The number of nitrogens with one attached hydrogen (secondary N) is 1. The van der Waals surface area contributed by atoms with Crippen LogP contribution in [0.15, 0.2) is 11.2 Å². The molecule has 1 heterocycles. The Bertz CT molecular complexity index is 517. The zero-order valence-electron chi connectivity index (χ0n) is 13.3. The Morgan fingerprint density at radius 1 is 1.41 bits per heavy atom. The first-order valence-electron chi connectivity index (χ1n) is 6.93. The van der Waals surface area contributed by atoms with Crippen LogP contribution >= 0.6 is 11.8 Å². The van der Waals surface area contributed by atoms with Crippen molar-refractivity contribution >= 4 is 29.5 Å². The van der Waals surface area contributed by atoms with Gasteiger partial charge in [0.15, 0.2) is 5.16 Å². The van der Waals surface area contributed by atoms with Crippen LogP contribution in [0.3, 0.4) is 0 Å². The molecular formula is C14H22N4O3S. The standard InChI is InChI=1S/C14H22N4O3S/c1-8(2)5-10(13(20)21-4)17-12(19)7-22-14-16-9(3)6-11(15)18-14/h6,8,10H,5,7H2,1-4H3,(H,17,19)(H2,15,16,18)/t10-/m0/s1. The highest BCUT2D eigenvalue weighted by molar-refractivity contribution is 7.99. The Morgan fingerprint density at radius 3 is 2.64 bits per heavy atom. The van der Waals surface area contributed by atoms with E-state index in [9.17, 15) is 9.59 Å². The second kappa shape index (κ2) is 8.57. The lowest BCUT2D eigenvalue weighted by molar-refractivity contribution is -0.145. The van der Waals surface area contributed by atoms with Gasteiger partial charge in [0.05, 0.1) is 12.9 Å². The topological polar surface area (TPSA) is 107 Å². The number of thioether (sulfide) groups is 1. The number of ether oxygens (including phenoxy) is 1. The summed E-state index contributed by atoms with van der Waals surface area (Å²) in [6.45, 7) is 5.75. The predicted molar refractivity (Wildman–Crippen MR) is 85.3 cm³/mol. The average molecular weight is 326 g/mol.